The average Bonchev–Trinajstić information content (AvgIpc) is 2.64. The second kappa shape index (κ2) is 10.4. The standard InChI is InChI=1S/C19H30N2O5/c1-15(2)21(7-6-20-8-11-25-12-9-20)10-13-26-17-5-4-16(19(22)23)14-18(17)24-3/h4-5,14-15H,6-13H2,1-3H3,(H,22,23). The maximum Gasteiger partial charge on any atom is 0.335 e. The lowest BCUT2D eigenvalue weighted by Gasteiger charge is -2.31. The predicted molar refractivity (Wildman–Crippen MR) is 99.4 cm³/mol. The van der Waals surface area contributed by atoms with Crippen LogP contribution in [0, 0.1) is 0 Å². The van der Waals surface area contributed by atoms with E-state index in [-0.39, 0.29) is 5.56 Å². The first-order chi connectivity index (χ1) is 12.5. The maximum absolute atomic E-state index is 11.0. The Morgan fingerprint density at radius 1 is 1.27 bits per heavy atom. The number of aromatic carboxylic acids is 1. The van der Waals surface area contributed by atoms with Gasteiger partial charge < -0.3 is 19.3 Å². The van der Waals surface area contributed by atoms with Crippen molar-refractivity contribution in [3.8, 4) is 11.5 Å². The van der Waals surface area contributed by atoms with Gasteiger partial charge in [-0.2, -0.15) is 0 Å². The minimum atomic E-state index is -0.982. The third kappa shape index (κ3) is 6.16. The minimum Gasteiger partial charge on any atom is -0.493 e. The molecule has 1 aromatic carbocycles. The number of carboxylic acids is 1. The summed E-state index contributed by atoms with van der Waals surface area (Å²) in [6.07, 6.45) is 0. The first kappa shape index (κ1) is 20.5. The Balaban J connectivity index is 1.84. The van der Waals surface area contributed by atoms with Crippen molar-refractivity contribution in [1.29, 1.82) is 0 Å². The molecule has 0 saturated carbocycles. The molecule has 0 aromatic heterocycles. The van der Waals surface area contributed by atoms with Crippen LogP contribution < -0.4 is 9.47 Å². The van der Waals surface area contributed by atoms with Gasteiger partial charge in [-0.1, -0.05) is 0 Å². The van der Waals surface area contributed by atoms with E-state index in [1.54, 1.807) is 6.07 Å². The lowest BCUT2D eigenvalue weighted by molar-refractivity contribution is 0.0308. The Bertz CT molecular complexity index is 573. The lowest BCUT2D eigenvalue weighted by Crippen LogP contribution is -2.44. The van der Waals surface area contributed by atoms with Crippen molar-refractivity contribution in [2.24, 2.45) is 0 Å². The number of morpholine rings is 1. The minimum absolute atomic E-state index is 0.184. The third-order valence-electron chi connectivity index (χ3n) is 4.58. The molecule has 1 fully saturated rings. The van der Waals surface area contributed by atoms with Crippen LogP contribution in [0.1, 0.15) is 24.2 Å². The Morgan fingerprint density at radius 2 is 2.00 bits per heavy atom. The van der Waals surface area contributed by atoms with E-state index >= 15 is 0 Å². The lowest BCUT2D eigenvalue weighted by atomic mass is 10.2. The van der Waals surface area contributed by atoms with Crippen LogP contribution in [0.2, 0.25) is 0 Å². The Morgan fingerprint density at radius 3 is 2.62 bits per heavy atom. The van der Waals surface area contributed by atoms with Crippen molar-refractivity contribution < 1.29 is 24.1 Å². The second-order valence-corrected chi connectivity index (χ2v) is 6.60. The van der Waals surface area contributed by atoms with Gasteiger partial charge in [-0.15, -0.1) is 0 Å². The van der Waals surface area contributed by atoms with Crippen LogP contribution in [0.3, 0.4) is 0 Å². The third-order valence-corrected chi connectivity index (χ3v) is 4.58. The Hall–Kier alpha value is -1.83. The molecule has 0 aliphatic carbocycles. The summed E-state index contributed by atoms with van der Waals surface area (Å²) in [6, 6.07) is 5.08. The van der Waals surface area contributed by atoms with E-state index < -0.39 is 5.97 Å². The van der Waals surface area contributed by atoms with Crippen molar-refractivity contribution in [2.45, 2.75) is 19.9 Å². The van der Waals surface area contributed by atoms with Crippen LogP contribution in [-0.2, 0) is 4.74 Å². The van der Waals surface area contributed by atoms with Crippen molar-refractivity contribution in [3.63, 3.8) is 0 Å². The van der Waals surface area contributed by atoms with Gasteiger partial charge in [0.15, 0.2) is 11.5 Å². The molecule has 1 saturated heterocycles. The van der Waals surface area contributed by atoms with Gasteiger partial charge in [0.05, 0.1) is 25.9 Å². The molecule has 0 bridgehead atoms. The molecule has 0 atom stereocenters. The zero-order chi connectivity index (χ0) is 18.9. The first-order valence-electron chi connectivity index (χ1n) is 9.09. The highest BCUT2D eigenvalue weighted by atomic mass is 16.5. The van der Waals surface area contributed by atoms with Crippen LogP contribution >= 0.6 is 0 Å². The Labute approximate surface area is 155 Å². The molecule has 146 valence electrons. The fourth-order valence-corrected chi connectivity index (χ4v) is 2.92. The molecule has 2 rings (SSSR count). The summed E-state index contributed by atoms with van der Waals surface area (Å²) in [5.74, 6) is 0.0210. The Kier molecular flexibility index (Phi) is 8.15. The highest BCUT2D eigenvalue weighted by Gasteiger charge is 2.15. The zero-order valence-corrected chi connectivity index (χ0v) is 15.9. The summed E-state index contributed by atoms with van der Waals surface area (Å²) in [7, 11) is 1.51. The molecule has 0 spiro atoms. The molecule has 7 heteroatoms. The van der Waals surface area contributed by atoms with Crippen molar-refractivity contribution in [1.82, 2.24) is 9.80 Å². The summed E-state index contributed by atoms with van der Waals surface area (Å²) in [5, 5.41) is 9.06. The van der Waals surface area contributed by atoms with E-state index in [0.717, 1.165) is 45.9 Å². The van der Waals surface area contributed by atoms with E-state index in [1.165, 1.54) is 19.2 Å². The van der Waals surface area contributed by atoms with Crippen molar-refractivity contribution in [3.05, 3.63) is 23.8 Å². The van der Waals surface area contributed by atoms with Gasteiger partial charge in [0, 0.05) is 38.8 Å². The SMILES string of the molecule is COc1cc(C(=O)O)ccc1OCCN(CCN1CCOCC1)C(C)C. The topological polar surface area (TPSA) is 71.5 Å². The molecular formula is C19H30N2O5. The summed E-state index contributed by atoms with van der Waals surface area (Å²) >= 11 is 0. The maximum atomic E-state index is 11.0. The molecule has 7 nitrogen and oxygen atoms in total. The molecule has 1 aromatic rings. The van der Waals surface area contributed by atoms with Crippen LogP contribution in [0.15, 0.2) is 18.2 Å². The molecular weight excluding hydrogens is 336 g/mol. The highest BCUT2D eigenvalue weighted by molar-refractivity contribution is 5.88. The van der Waals surface area contributed by atoms with Gasteiger partial charge in [-0.3, -0.25) is 9.80 Å². The number of hydrogen-bond donors (Lipinski definition) is 1. The number of carboxylic acid groups (broad SMARTS) is 1. The monoisotopic (exact) mass is 366 g/mol. The molecule has 1 N–H and O–H groups in total. The fraction of sp³-hybridized carbons (Fsp3) is 0.632. The number of carbonyl (C=O) groups is 1. The molecule has 1 aliphatic heterocycles. The number of ether oxygens (including phenoxy) is 3. The van der Waals surface area contributed by atoms with Crippen LogP contribution in [-0.4, -0.2) is 86.6 Å². The van der Waals surface area contributed by atoms with Gasteiger partial charge in [-0.25, -0.2) is 4.79 Å². The molecule has 1 aliphatic rings. The predicted octanol–water partition coefficient (Wildman–Crippen LogP) is 1.81. The quantitative estimate of drug-likeness (QED) is 0.677. The van der Waals surface area contributed by atoms with E-state index in [1.807, 2.05) is 0 Å². The largest absolute Gasteiger partial charge is 0.493 e. The average molecular weight is 366 g/mol. The molecule has 0 amide bonds. The van der Waals surface area contributed by atoms with Gasteiger partial charge in [0.25, 0.3) is 0 Å². The van der Waals surface area contributed by atoms with Gasteiger partial charge in [0.2, 0.25) is 0 Å². The number of methoxy groups -OCH3 is 1. The molecule has 1 heterocycles. The van der Waals surface area contributed by atoms with E-state index in [9.17, 15) is 4.79 Å². The molecule has 0 radical (unpaired) electrons. The normalized spacial score (nSPS) is 15.4. The zero-order valence-electron chi connectivity index (χ0n) is 15.9. The first-order valence-corrected chi connectivity index (χ1v) is 9.09. The van der Waals surface area contributed by atoms with Gasteiger partial charge in [-0.05, 0) is 32.0 Å². The number of benzene rings is 1. The van der Waals surface area contributed by atoms with Crippen molar-refractivity contribution >= 4 is 5.97 Å². The van der Waals surface area contributed by atoms with Crippen LogP contribution in [0.5, 0.6) is 11.5 Å². The van der Waals surface area contributed by atoms with Crippen molar-refractivity contribution in [2.75, 3.05) is 59.7 Å². The van der Waals surface area contributed by atoms with Gasteiger partial charge in [0.1, 0.15) is 6.61 Å². The smallest absolute Gasteiger partial charge is 0.335 e. The number of rotatable bonds is 10. The molecule has 0 unspecified atom stereocenters. The van der Waals surface area contributed by atoms with Crippen LogP contribution in [0.25, 0.3) is 0 Å². The number of hydrogen-bond acceptors (Lipinski definition) is 6. The summed E-state index contributed by atoms with van der Waals surface area (Å²) in [4.78, 5) is 15.9. The summed E-state index contributed by atoms with van der Waals surface area (Å²) < 4.78 is 16.5. The van der Waals surface area contributed by atoms with Gasteiger partial charge >= 0.3 is 5.97 Å². The summed E-state index contributed by atoms with van der Waals surface area (Å²) in [6.45, 7) is 11.3. The fourth-order valence-electron chi connectivity index (χ4n) is 2.92. The van der Waals surface area contributed by atoms with E-state index in [2.05, 4.69) is 23.6 Å². The van der Waals surface area contributed by atoms with E-state index in [4.69, 9.17) is 19.3 Å². The summed E-state index contributed by atoms with van der Waals surface area (Å²) in [5.41, 5.74) is 0.184. The highest BCUT2D eigenvalue weighted by Crippen LogP contribution is 2.28. The number of nitrogens with zero attached hydrogens (tertiary/aromatic N) is 2. The van der Waals surface area contributed by atoms with Crippen LogP contribution in [0.4, 0.5) is 0 Å². The molecule has 26 heavy (non-hydrogen) atoms. The van der Waals surface area contributed by atoms with E-state index in [0.29, 0.717) is 24.1 Å². The second-order valence-electron chi connectivity index (χ2n) is 6.60.